The number of nitrogens with one attached hydrogen (secondary N) is 1. The molecule has 0 saturated heterocycles. The molecular formula is C11H25N3. The van der Waals surface area contributed by atoms with Gasteiger partial charge < -0.3 is 0 Å². The van der Waals surface area contributed by atoms with Crippen molar-refractivity contribution in [3.63, 3.8) is 0 Å². The maximum Gasteiger partial charge on any atom is 0.0417 e. The number of rotatable bonds is 6. The molecule has 0 spiro atoms. The van der Waals surface area contributed by atoms with Gasteiger partial charge in [0.1, 0.15) is 0 Å². The van der Waals surface area contributed by atoms with Crippen LogP contribution < -0.4 is 11.3 Å². The molecule has 14 heavy (non-hydrogen) atoms. The minimum Gasteiger partial charge on any atom is -0.297 e. The highest BCUT2D eigenvalue weighted by Gasteiger charge is 2.42. The number of nitrogens with two attached hydrogens (primary N) is 1. The van der Waals surface area contributed by atoms with Gasteiger partial charge in [-0.2, -0.15) is 0 Å². The zero-order valence-corrected chi connectivity index (χ0v) is 10.0. The number of hydrazine groups is 1. The van der Waals surface area contributed by atoms with Crippen molar-refractivity contribution in [3.8, 4) is 0 Å². The van der Waals surface area contributed by atoms with Crippen LogP contribution in [-0.2, 0) is 0 Å². The van der Waals surface area contributed by atoms with E-state index >= 15 is 0 Å². The summed E-state index contributed by atoms with van der Waals surface area (Å²) in [6, 6.07) is 0.433. The minimum absolute atomic E-state index is 0.166. The van der Waals surface area contributed by atoms with Crippen molar-refractivity contribution < 1.29 is 0 Å². The quantitative estimate of drug-likeness (QED) is 0.501. The summed E-state index contributed by atoms with van der Waals surface area (Å²) in [5, 5.41) is 0. The van der Waals surface area contributed by atoms with Crippen LogP contribution in [-0.4, -0.2) is 29.6 Å². The summed E-state index contributed by atoms with van der Waals surface area (Å²) in [7, 11) is 0. The molecule has 0 aromatic carbocycles. The van der Waals surface area contributed by atoms with E-state index in [4.69, 9.17) is 5.84 Å². The fourth-order valence-corrected chi connectivity index (χ4v) is 2.58. The molecular weight excluding hydrogens is 174 g/mol. The van der Waals surface area contributed by atoms with Crippen LogP contribution in [0.25, 0.3) is 0 Å². The summed E-state index contributed by atoms with van der Waals surface area (Å²) in [5.74, 6) is 6.46. The lowest BCUT2D eigenvalue weighted by Crippen LogP contribution is -2.60. The van der Waals surface area contributed by atoms with Crippen LogP contribution in [0.1, 0.15) is 40.5 Å². The average molecular weight is 199 g/mol. The Kier molecular flexibility index (Phi) is 3.93. The monoisotopic (exact) mass is 199 g/mol. The molecule has 0 bridgehead atoms. The highest BCUT2D eigenvalue weighted by molar-refractivity contribution is 5.00. The third-order valence-electron chi connectivity index (χ3n) is 3.61. The maximum atomic E-state index is 5.67. The molecule has 1 aliphatic carbocycles. The fourth-order valence-electron chi connectivity index (χ4n) is 2.58. The summed E-state index contributed by atoms with van der Waals surface area (Å²) in [6.45, 7) is 11.2. The molecule has 3 heteroatoms. The van der Waals surface area contributed by atoms with Crippen LogP contribution >= 0.6 is 0 Å². The van der Waals surface area contributed by atoms with E-state index in [1.54, 1.807) is 0 Å². The average Bonchev–Trinajstić information content (AvgIpc) is 2.90. The van der Waals surface area contributed by atoms with E-state index in [0.717, 1.165) is 19.0 Å². The Morgan fingerprint density at radius 2 is 1.86 bits per heavy atom. The van der Waals surface area contributed by atoms with Gasteiger partial charge in [0.15, 0.2) is 0 Å². The van der Waals surface area contributed by atoms with E-state index in [1.165, 1.54) is 12.8 Å². The Balaban J connectivity index is 2.67. The highest BCUT2D eigenvalue weighted by atomic mass is 15.3. The first kappa shape index (κ1) is 12.0. The van der Waals surface area contributed by atoms with Crippen LogP contribution in [0, 0.1) is 5.92 Å². The van der Waals surface area contributed by atoms with Gasteiger partial charge in [-0.15, -0.1) is 0 Å². The van der Waals surface area contributed by atoms with Crippen LogP contribution in [0.15, 0.2) is 0 Å². The van der Waals surface area contributed by atoms with Crippen molar-refractivity contribution in [2.75, 3.05) is 13.1 Å². The summed E-state index contributed by atoms with van der Waals surface area (Å²) in [6.07, 6.45) is 2.67. The molecule has 3 nitrogen and oxygen atoms in total. The van der Waals surface area contributed by atoms with Crippen molar-refractivity contribution in [2.45, 2.75) is 52.1 Å². The molecule has 0 aliphatic heterocycles. The van der Waals surface area contributed by atoms with Crippen LogP contribution in [0.3, 0.4) is 0 Å². The Morgan fingerprint density at radius 3 is 2.14 bits per heavy atom. The van der Waals surface area contributed by atoms with Gasteiger partial charge in [0.2, 0.25) is 0 Å². The predicted molar refractivity (Wildman–Crippen MR) is 60.8 cm³/mol. The first-order valence-corrected chi connectivity index (χ1v) is 5.79. The van der Waals surface area contributed by atoms with Crippen molar-refractivity contribution in [2.24, 2.45) is 11.8 Å². The molecule has 1 fully saturated rings. The van der Waals surface area contributed by atoms with Gasteiger partial charge in [-0.3, -0.25) is 16.2 Å². The first-order valence-electron chi connectivity index (χ1n) is 5.79. The van der Waals surface area contributed by atoms with Crippen molar-refractivity contribution in [3.05, 3.63) is 0 Å². The highest BCUT2D eigenvalue weighted by Crippen LogP contribution is 2.38. The van der Waals surface area contributed by atoms with E-state index in [9.17, 15) is 0 Å². The van der Waals surface area contributed by atoms with Crippen molar-refractivity contribution in [1.82, 2.24) is 10.3 Å². The lowest BCUT2D eigenvalue weighted by atomic mass is 9.89. The second kappa shape index (κ2) is 4.60. The minimum atomic E-state index is 0.166. The van der Waals surface area contributed by atoms with E-state index in [1.807, 2.05) is 0 Å². The number of hydrogen-bond donors (Lipinski definition) is 2. The standard InChI is InChI=1S/C11H25N3/c1-5-14(6-2)11(3,4)10(13-12)9-7-8-9/h9-10,13H,5-8,12H2,1-4H3. The smallest absolute Gasteiger partial charge is 0.0417 e. The lowest BCUT2D eigenvalue weighted by Gasteiger charge is -2.43. The summed E-state index contributed by atoms with van der Waals surface area (Å²) < 4.78 is 0. The van der Waals surface area contributed by atoms with Crippen LogP contribution in [0.2, 0.25) is 0 Å². The third-order valence-corrected chi connectivity index (χ3v) is 3.61. The SMILES string of the molecule is CCN(CC)C(C)(C)C(NN)C1CC1. The van der Waals surface area contributed by atoms with Crippen molar-refractivity contribution in [1.29, 1.82) is 0 Å². The normalized spacial score (nSPS) is 20.1. The molecule has 0 aromatic heterocycles. The van der Waals surface area contributed by atoms with Gasteiger partial charge in [0, 0.05) is 11.6 Å². The van der Waals surface area contributed by atoms with Gasteiger partial charge in [-0.1, -0.05) is 13.8 Å². The van der Waals surface area contributed by atoms with E-state index < -0.39 is 0 Å². The van der Waals surface area contributed by atoms with Crippen LogP contribution in [0.4, 0.5) is 0 Å². The molecule has 0 aromatic rings. The topological polar surface area (TPSA) is 41.3 Å². The molecule has 3 N–H and O–H groups in total. The lowest BCUT2D eigenvalue weighted by molar-refractivity contribution is 0.0822. The molecule has 0 amide bonds. The van der Waals surface area contributed by atoms with Crippen molar-refractivity contribution >= 4 is 0 Å². The Bertz CT molecular complexity index is 171. The molecule has 84 valence electrons. The molecule has 1 saturated carbocycles. The van der Waals surface area contributed by atoms with Gasteiger partial charge >= 0.3 is 0 Å². The molecule has 1 unspecified atom stereocenters. The molecule has 0 heterocycles. The summed E-state index contributed by atoms with van der Waals surface area (Å²) in [5.41, 5.74) is 3.18. The number of hydrogen-bond acceptors (Lipinski definition) is 3. The van der Waals surface area contributed by atoms with Gasteiger partial charge in [-0.05, 0) is 45.7 Å². The maximum absolute atomic E-state index is 5.67. The largest absolute Gasteiger partial charge is 0.297 e. The summed E-state index contributed by atoms with van der Waals surface area (Å²) in [4.78, 5) is 2.48. The fraction of sp³-hybridized carbons (Fsp3) is 1.00. The second-order valence-electron chi connectivity index (χ2n) is 4.81. The second-order valence-corrected chi connectivity index (χ2v) is 4.81. The third kappa shape index (κ3) is 2.27. The molecule has 1 rings (SSSR count). The van der Waals surface area contributed by atoms with Gasteiger partial charge in [0.05, 0.1) is 0 Å². The van der Waals surface area contributed by atoms with E-state index in [0.29, 0.717) is 6.04 Å². The molecule has 0 radical (unpaired) electrons. The zero-order valence-electron chi connectivity index (χ0n) is 10.0. The Hall–Kier alpha value is -0.120. The molecule has 1 aliphatic rings. The number of likely N-dealkylation sites (N-methyl/N-ethyl adjacent to an activating group) is 1. The predicted octanol–water partition coefficient (Wildman–Crippen LogP) is 1.35. The zero-order chi connectivity index (χ0) is 10.8. The number of nitrogens with zero attached hydrogens (tertiary/aromatic N) is 1. The van der Waals surface area contributed by atoms with E-state index in [-0.39, 0.29) is 5.54 Å². The summed E-state index contributed by atoms with van der Waals surface area (Å²) >= 11 is 0. The van der Waals surface area contributed by atoms with Crippen LogP contribution in [0.5, 0.6) is 0 Å². The first-order chi connectivity index (χ1) is 6.57. The molecule has 1 atom stereocenters. The van der Waals surface area contributed by atoms with Gasteiger partial charge in [0.25, 0.3) is 0 Å². The Labute approximate surface area is 88.0 Å². The van der Waals surface area contributed by atoms with E-state index in [2.05, 4.69) is 38.0 Å². The Morgan fingerprint density at radius 1 is 1.36 bits per heavy atom. The van der Waals surface area contributed by atoms with Gasteiger partial charge in [-0.25, -0.2) is 0 Å².